The standard InChI is InChI=1S/C17H27N3O/c1-3-20(4-2)16-11-9-15(10-12-16)19-17(21)13-18-14-7-5-6-8-14/h9-12,14,18H,3-8,13H2,1-2H3,(H,19,21). The average molecular weight is 289 g/mol. The minimum absolute atomic E-state index is 0.0393. The van der Waals surface area contributed by atoms with Crippen molar-refractivity contribution in [3.8, 4) is 0 Å². The molecule has 0 saturated heterocycles. The van der Waals surface area contributed by atoms with Gasteiger partial charge in [0.1, 0.15) is 0 Å². The molecule has 0 bridgehead atoms. The lowest BCUT2D eigenvalue weighted by molar-refractivity contribution is -0.115. The maximum Gasteiger partial charge on any atom is 0.238 e. The lowest BCUT2D eigenvalue weighted by atomic mass is 10.2. The maximum absolute atomic E-state index is 11.9. The van der Waals surface area contributed by atoms with Gasteiger partial charge in [0, 0.05) is 30.5 Å². The van der Waals surface area contributed by atoms with E-state index in [0.717, 1.165) is 18.8 Å². The molecule has 2 rings (SSSR count). The second kappa shape index (κ2) is 8.03. The average Bonchev–Trinajstić information content (AvgIpc) is 3.01. The molecule has 0 aromatic heterocycles. The Labute approximate surface area is 127 Å². The monoisotopic (exact) mass is 289 g/mol. The van der Waals surface area contributed by atoms with Crippen LogP contribution in [0.5, 0.6) is 0 Å². The zero-order valence-corrected chi connectivity index (χ0v) is 13.2. The molecule has 21 heavy (non-hydrogen) atoms. The number of anilines is 2. The normalized spacial score (nSPS) is 15.1. The van der Waals surface area contributed by atoms with Gasteiger partial charge in [0.05, 0.1) is 6.54 Å². The van der Waals surface area contributed by atoms with Crippen molar-refractivity contribution in [2.75, 3.05) is 29.9 Å². The molecule has 1 saturated carbocycles. The fourth-order valence-corrected chi connectivity index (χ4v) is 2.92. The van der Waals surface area contributed by atoms with Crippen LogP contribution in [0.3, 0.4) is 0 Å². The van der Waals surface area contributed by atoms with Gasteiger partial charge in [-0.05, 0) is 51.0 Å². The summed E-state index contributed by atoms with van der Waals surface area (Å²) in [5.41, 5.74) is 2.06. The van der Waals surface area contributed by atoms with Gasteiger partial charge >= 0.3 is 0 Å². The van der Waals surface area contributed by atoms with Crippen LogP contribution in [-0.2, 0) is 4.79 Å². The van der Waals surface area contributed by atoms with Crippen molar-refractivity contribution in [3.63, 3.8) is 0 Å². The Kier molecular flexibility index (Phi) is 6.05. The van der Waals surface area contributed by atoms with E-state index in [1.165, 1.54) is 31.4 Å². The van der Waals surface area contributed by atoms with Gasteiger partial charge in [-0.25, -0.2) is 0 Å². The van der Waals surface area contributed by atoms with Gasteiger partial charge in [0.25, 0.3) is 0 Å². The molecule has 1 aliphatic carbocycles. The molecule has 116 valence electrons. The van der Waals surface area contributed by atoms with E-state index in [-0.39, 0.29) is 5.91 Å². The molecule has 1 amide bonds. The van der Waals surface area contributed by atoms with Crippen molar-refractivity contribution >= 4 is 17.3 Å². The van der Waals surface area contributed by atoms with Crippen molar-refractivity contribution in [1.82, 2.24) is 5.32 Å². The summed E-state index contributed by atoms with van der Waals surface area (Å²) in [7, 11) is 0. The molecule has 1 aromatic carbocycles. The first-order valence-corrected chi connectivity index (χ1v) is 8.11. The highest BCUT2D eigenvalue weighted by molar-refractivity contribution is 5.92. The molecular formula is C17H27N3O. The van der Waals surface area contributed by atoms with Crippen molar-refractivity contribution in [1.29, 1.82) is 0 Å². The lowest BCUT2D eigenvalue weighted by Gasteiger charge is -2.21. The highest BCUT2D eigenvalue weighted by Gasteiger charge is 2.15. The molecule has 2 N–H and O–H groups in total. The van der Waals surface area contributed by atoms with E-state index in [2.05, 4.69) is 41.5 Å². The van der Waals surface area contributed by atoms with Crippen molar-refractivity contribution in [2.24, 2.45) is 0 Å². The number of nitrogens with one attached hydrogen (secondary N) is 2. The number of nitrogens with zero attached hydrogens (tertiary/aromatic N) is 1. The number of hydrogen-bond donors (Lipinski definition) is 2. The van der Waals surface area contributed by atoms with Crippen LogP contribution >= 0.6 is 0 Å². The van der Waals surface area contributed by atoms with E-state index in [1.54, 1.807) is 0 Å². The largest absolute Gasteiger partial charge is 0.372 e. The zero-order chi connectivity index (χ0) is 15.1. The molecule has 1 aliphatic rings. The third-order valence-corrected chi connectivity index (χ3v) is 4.19. The first-order valence-electron chi connectivity index (χ1n) is 8.11. The molecule has 1 aromatic rings. The Bertz CT molecular complexity index is 434. The molecule has 4 nitrogen and oxygen atoms in total. The van der Waals surface area contributed by atoms with Crippen molar-refractivity contribution < 1.29 is 4.79 Å². The molecule has 0 heterocycles. The van der Waals surface area contributed by atoms with Crippen LogP contribution < -0.4 is 15.5 Å². The highest BCUT2D eigenvalue weighted by Crippen LogP contribution is 2.18. The van der Waals surface area contributed by atoms with Gasteiger partial charge < -0.3 is 15.5 Å². The number of amides is 1. The second-order valence-electron chi connectivity index (χ2n) is 5.63. The van der Waals surface area contributed by atoms with E-state index in [1.807, 2.05) is 12.1 Å². The summed E-state index contributed by atoms with van der Waals surface area (Å²) in [5, 5.41) is 6.28. The topological polar surface area (TPSA) is 44.4 Å². The van der Waals surface area contributed by atoms with Gasteiger partial charge in [-0.2, -0.15) is 0 Å². The van der Waals surface area contributed by atoms with E-state index in [9.17, 15) is 4.79 Å². The fourth-order valence-electron chi connectivity index (χ4n) is 2.92. The molecule has 4 heteroatoms. The van der Waals surface area contributed by atoms with E-state index in [0.29, 0.717) is 12.6 Å². The number of rotatable bonds is 7. The van der Waals surface area contributed by atoms with Crippen LogP contribution in [0.2, 0.25) is 0 Å². The second-order valence-corrected chi connectivity index (χ2v) is 5.63. The Morgan fingerprint density at radius 2 is 1.76 bits per heavy atom. The fraction of sp³-hybridized carbons (Fsp3) is 0.588. The summed E-state index contributed by atoms with van der Waals surface area (Å²) in [5.74, 6) is 0.0393. The molecule has 1 fully saturated rings. The Morgan fingerprint density at radius 3 is 2.33 bits per heavy atom. The van der Waals surface area contributed by atoms with Crippen LogP contribution in [0.25, 0.3) is 0 Å². The first-order chi connectivity index (χ1) is 10.2. The van der Waals surface area contributed by atoms with Gasteiger partial charge in [-0.15, -0.1) is 0 Å². The number of benzene rings is 1. The van der Waals surface area contributed by atoms with E-state index >= 15 is 0 Å². The third kappa shape index (κ3) is 4.74. The van der Waals surface area contributed by atoms with Crippen LogP contribution in [0.15, 0.2) is 24.3 Å². The van der Waals surface area contributed by atoms with Crippen LogP contribution in [-0.4, -0.2) is 31.6 Å². The molecular weight excluding hydrogens is 262 g/mol. The van der Waals surface area contributed by atoms with E-state index in [4.69, 9.17) is 0 Å². The van der Waals surface area contributed by atoms with Gasteiger partial charge in [0.15, 0.2) is 0 Å². The Morgan fingerprint density at radius 1 is 1.14 bits per heavy atom. The summed E-state index contributed by atoms with van der Waals surface area (Å²) in [6.45, 7) is 6.69. The molecule has 0 unspecified atom stereocenters. The number of hydrogen-bond acceptors (Lipinski definition) is 3. The van der Waals surface area contributed by atoms with Crippen LogP contribution in [0, 0.1) is 0 Å². The van der Waals surface area contributed by atoms with Gasteiger partial charge in [-0.1, -0.05) is 12.8 Å². The Hall–Kier alpha value is -1.55. The summed E-state index contributed by atoms with van der Waals surface area (Å²) in [4.78, 5) is 14.2. The van der Waals surface area contributed by atoms with Crippen LogP contribution in [0.4, 0.5) is 11.4 Å². The predicted octanol–water partition coefficient (Wildman–Crippen LogP) is 3.00. The highest BCUT2D eigenvalue weighted by atomic mass is 16.1. The summed E-state index contributed by atoms with van der Waals surface area (Å²) < 4.78 is 0. The van der Waals surface area contributed by atoms with Crippen LogP contribution in [0.1, 0.15) is 39.5 Å². The SMILES string of the molecule is CCN(CC)c1ccc(NC(=O)CNC2CCCC2)cc1. The number of carbonyl (C=O) groups excluding carboxylic acids is 1. The smallest absolute Gasteiger partial charge is 0.238 e. The summed E-state index contributed by atoms with van der Waals surface area (Å²) in [6.07, 6.45) is 4.97. The maximum atomic E-state index is 11.9. The van der Waals surface area contributed by atoms with Gasteiger partial charge in [-0.3, -0.25) is 4.79 Å². The quantitative estimate of drug-likeness (QED) is 0.811. The van der Waals surface area contributed by atoms with Gasteiger partial charge in [0.2, 0.25) is 5.91 Å². The van der Waals surface area contributed by atoms with Crippen molar-refractivity contribution in [3.05, 3.63) is 24.3 Å². The molecule has 0 atom stereocenters. The zero-order valence-electron chi connectivity index (χ0n) is 13.2. The molecule has 0 spiro atoms. The molecule has 0 radical (unpaired) electrons. The van der Waals surface area contributed by atoms with Crippen molar-refractivity contribution in [2.45, 2.75) is 45.6 Å². The summed E-state index contributed by atoms with van der Waals surface area (Å²) >= 11 is 0. The number of carbonyl (C=O) groups is 1. The molecule has 0 aliphatic heterocycles. The predicted molar refractivity (Wildman–Crippen MR) is 88.9 cm³/mol. The minimum Gasteiger partial charge on any atom is -0.372 e. The lowest BCUT2D eigenvalue weighted by Crippen LogP contribution is -2.34. The summed E-state index contributed by atoms with van der Waals surface area (Å²) in [6, 6.07) is 8.60. The minimum atomic E-state index is 0.0393. The first kappa shape index (κ1) is 15.8. The third-order valence-electron chi connectivity index (χ3n) is 4.19. The Balaban J connectivity index is 1.80. The van der Waals surface area contributed by atoms with E-state index < -0.39 is 0 Å².